The minimum atomic E-state index is -0.361. The topological polar surface area (TPSA) is 26.3 Å². The van der Waals surface area contributed by atoms with Gasteiger partial charge in [0, 0.05) is 20.0 Å². The summed E-state index contributed by atoms with van der Waals surface area (Å²) in [6, 6.07) is 8.25. The van der Waals surface area contributed by atoms with Crippen molar-refractivity contribution in [3.63, 3.8) is 0 Å². The summed E-state index contributed by atoms with van der Waals surface area (Å²) < 4.78 is 5.26. The minimum absolute atomic E-state index is 0.223. The van der Waals surface area contributed by atoms with Crippen LogP contribution in [0.1, 0.15) is 38.3 Å². The largest absolute Gasteiger partial charge is 0.378 e. The SMILES string of the molecule is CCc1ccc(CC(=O)CC(C)(C)OC)cc1. The first-order chi connectivity index (χ1) is 7.96. The first-order valence-corrected chi connectivity index (χ1v) is 6.11. The Morgan fingerprint density at radius 1 is 1.18 bits per heavy atom. The highest BCUT2D eigenvalue weighted by Crippen LogP contribution is 2.15. The van der Waals surface area contributed by atoms with E-state index in [9.17, 15) is 4.79 Å². The number of benzene rings is 1. The van der Waals surface area contributed by atoms with E-state index in [0.717, 1.165) is 12.0 Å². The van der Waals surface area contributed by atoms with Crippen molar-refractivity contribution in [1.82, 2.24) is 0 Å². The molecule has 2 heteroatoms. The highest BCUT2D eigenvalue weighted by molar-refractivity contribution is 5.81. The lowest BCUT2D eigenvalue weighted by Gasteiger charge is -2.21. The number of hydrogen-bond donors (Lipinski definition) is 0. The van der Waals surface area contributed by atoms with Gasteiger partial charge >= 0.3 is 0 Å². The second-order valence-electron chi connectivity index (χ2n) is 5.03. The summed E-state index contributed by atoms with van der Waals surface area (Å²) >= 11 is 0. The number of rotatable bonds is 6. The molecule has 1 rings (SSSR count). The molecule has 0 heterocycles. The van der Waals surface area contributed by atoms with Crippen LogP contribution in [0.15, 0.2) is 24.3 Å². The van der Waals surface area contributed by atoms with Gasteiger partial charge in [0.2, 0.25) is 0 Å². The van der Waals surface area contributed by atoms with Crippen LogP contribution in [0.5, 0.6) is 0 Å². The Labute approximate surface area is 104 Å². The van der Waals surface area contributed by atoms with Gasteiger partial charge in [0.05, 0.1) is 5.60 Å². The number of carbonyl (C=O) groups is 1. The van der Waals surface area contributed by atoms with E-state index in [4.69, 9.17) is 4.74 Å². The summed E-state index contributed by atoms with van der Waals surface area (Å²) in [5.74, 6) is 0.223. The van der Waals surface area contributed by atoms with Crippen molar-refractivity contribution in [3.05, 3.63) is 35.4 Å². The molecule has 1 aromatic carbocycles. The van der Waals surface area contributed by atoms with Crippen molar-refractivity contribution in [3.8, 4) is 0 Å². The molecule has 0 bridgehead atoms. The third-order valence-electron chi connectivity index (χ3n) is 3.01. The molecule has 94 valence electrons. The summed E-state index contributed by atoms with van der Waals surface area (Å²) in [6.07, 6.45) is 1.99. The van der Waals surface area contributed by atoms with E-state index >= 15 is 0 Å². The van der Waals surface area contributed by atoms with Gasteiger partial charge in [-0.1, -0.05) is 31.2 Å². The monoisotopic (exact) mass is 234 g/mol. The molecule has 0 aliphatic carbocycles. The smallest absolute Gasteiger partial charge is 0.140 e. The standard InChI is InChI=1S/C15H22O2/c1-5-12-6-8-13(9-7-12)10-14(16)11-15(2,3)17-4/h6-9H,5,10-11H2,1-4H3. The first kappa shape index (κ1) is 13.9. The lowest BCUT2D eigenvalue weighted by atomic mass is 9.97. The van der Waals surface area contributed by atoms with E-state index in [1.54, 1.807) is 7.11 Å². The molecule has 0 aliphatic heterocycles. The van der Waals surface area contributed by atoms with Crippen LogP contribution in [0.2, 0.25) is 0 Å². The van der Waals surface area contributed by atoms with Crippen LogP contribution < -0.4 is 0 Å². The van der Waals surface area contributed by atoms with Gasteiger partial charge in [-0.3, -0.25) is 4.79 Å². The Kier molecular flexibility index (Phi) is 4.88. The summed E-state index contributed by atoms with van der Waals surface area (Å²) in [7, 11) is 1.64. The fraction of sp³-hybridized carbons (Fsp3) is 0.533. The molecule has 0 unspecified atom stereocenters. The lowest BCUT2D eigenvalue weighted by Crippen LogP contribution is -2.27. The Balaban J connectivity index is 2.56. The van der Waals surface area contributed by atoms with Gasteiger partial charge in [-0.2, -0.15) is 0 Å². The van der Waals surface area contributed by atoms with Crippen molar-refractivity contribution in [2.24, 2.45) is 0 Å². The van der Waals surface area contributed by atoms with Gasteiger partial charge in [-0.15, -0.1) is 0 Å². The lowest BCUT2D eigenvalue weighted by molar-refractivity contribution is -0.123. The maximum Gasteiger partial charge on any atom is 0.140 e. The number of methoxy groups -OCH3 is 1. The molecule has 0 atom stereocenters. The van der Waals surface area contributed by atoms with Crippen LogP contribution >= 0.6 is 0 Å². The average Bonchev–Trinajstić information content (AvgIpc) is 2.29. The third-order valence-corrected chi connectivity index (χ3v) is 3.01. The third kappa shape index (κ3) is 4.70. The fourth-order valence-electron chi connectivity index (χ4n) is 1.73. The minimum Gasteiger partial charge on any atom is -0.378 e. The van der Waals surface area contributed by atoms with E-state index in [-0.39, 0.29) is 11.4 Å². The normalized spacial score (nSPS) is 11.5. The molecular formula is C15H22O2. The van der Waals surface area contributed by atoms with Gasteiger partial charge in [0.25, 0.3) is 0 Å². The molecule has 0 amide bonds. The molecule has 0 saturated heterocycles. The highest BCUT2D eigenvalue weighted by Gasteiger charge is 2.20. The molecule has 0 spiro atoms. The zero-order chi connectivity index (χ0) is 12.9. The predicted octanol–water partition coefficient (Wildman–Crippen LogP) is 3.18. The summed E-state index contributed by atoms with van der Waals surface area (Å²) in [5.41, 5.74) is 2.03. The van der Waals surface area contributed by atoms with Crippen molar-refractivity contribution in [1.29, 1.82) is 0 Å². The average molecular weight is 234 g/mol. The Morgan fingerprint density at radius 3 is 2.18 bits per heavy atom. The maximum atomic E-state index is 11.9. The highest BCUT2D eigenvalue weighted by atomic mass is 16.5. The second-order valence-corrected chi connectivity index (χ2v) is 5.03. The predicted molar refractivity (Wildman–Crippen MR) is 70.2 cm³/mol. The van der Waals surface area contributed by atoms with E-state index < -0.39 is 0 Å². The molecule has 0 saturated carbocycles. The van der Waals surface area contributed by atoms with Crippen molar-refractivity contribution in [2.75, 3.05) is 7.11 Å². The number of carbonyl (C=O) groups excluding carboxylic acids is 1. The Morgan fingerprint density at radius 2 is 1.71 bits per heavy atom. The van der Waals surface area contributed by atoms with E-state index in [1.165, 1.54) is 5.56 Å². The second kappa shape index (κ2) is 5.97. The zero-order valence-corrected chi connectivity index (χ0v) is 11.2. The van der Waals surface area contributed by atoms with Gasteiger partial charge in [0.1, 0.15) is 5.78 Å². The van der Waals surface area contributed by atoms with Gasteiger partial charge in [-0.25, -0.2) is 0 Å². The quantitative estimate of drug-likeness (QED) is 0.755. The summed E-state index contributed by atoms with van der Waals surface area (Å²) in [6.45, 7) is 6.00. The molecule has 0 aromatic heterocycles. The molecule has 2 nitrogen and oxygen atoms in total. The Hall–Kier alpha value is -1.15. The van der Waals surface area contributed by atoms with E-state index in [2.05, 4.69) is 19.1 Å². The fourth-order valence-corrected chi connectivity index (χ4v) is 1.73. The van der Waals surface area contributed by atoms with Crippen LogP contribution in [0.4, 0.5) is 0 Å². The molecular weight excluding hydrogens is 212 g/mol. The van der Waals surface area contributed by atoms with E-state index in [1.807, 2.05) is 26.0 Å². The molecule has 0 radical (unpaired) electrons. The Bertz CT molecular complexity index is 363. The van der Waals surface area contributed by atoms with E-state index in [0.29, 0.717) is 12.8 Å². The molecule has 1 aromatic rings. The van der Waals surface area contributed by atoms with Crippen LogP contribution in [0.3, 0.4) is 0 Å². The number of aryl methyl sites for hydroxylation is 1. The van der Waals surface area contributed by atoms with Crippen molar-refractivity contribution < 1.29 is 9.53 Å². The number of Topliss-reactive ketones (excluding diaryl/α,β-unsaturated/α-hetero) is 1. The molecule has 0 aliphatic rings. The van der Waals surface area contributed by atoms with Gasteiger partial charge in [-0.05, 0) is 31.4 Å². The number of ether oxygens (including phenoxy) is 1. The van der Waals surface area contributed by atoms with Crippen molar-refractivity contribution in [2.45, 2.75) is 45.6 Å². The molecule has 0 fully saturated rings. The van der Waals surface area contributed by atoms with Crippen LogP contribution in [0, 0.1) is 0 Å². The van der Waals surface area contributed by atoms with Gasteiger partial charge in [0.15, 0.2) is 0 Å². The van der Waals surface area contributed by atoms with Gasteiger partial charge < -0.3 is 4.74 Å². The summed E-state index contributed by atoms with van der Waals surface area (Å²) in [5, 5.41) is 0. The molecule has 0 N–H and O–H groups in total. The van der Waals surface area contributed by atoms with Crippen molar-refractivity contribution >= 4 is 5.78 Å². The first-order valence-electron chi connectivity index (χ1n) is 6.11. The van der Waals surface area contributed by atoms with Crippen LogP contribution in [0.25, 0.3) is 0 Å². The van der Waals surface area contributed by atoms with Crippen LogP contribution in [-0.4, -0.2) is 18.5 Å². The number of hydrogen-bond acceptors (Lipinski definition) is 2. The van der Waals surface area contributed by atoms with Crippen LogP contribution in [-0.2, 0) is 22.4 Å². The number of ketones is 1. The maximum absolute atomic E-state index is 11.9. The molecule has 17 heavy (non-hydrogen) atoms. The zero-order valence-electron chi connectivity index (χ0n) is 11.2. The summed E-state index contributed by atoms with van der Waals surface area (Å²) in [4.78, 5) is 11.9.